The smallest absolute Gasteiger partial charge is 0.245 e. The highest BCUT2D eigenvalue weighted by Gasteiger charge is 2.39. The normalized spacial score (nSPS) is 27.1. The monoisotopic (exact) mass is 240 g/mol. The zero-order valence-electron chi connectivity index (χ0n) is 10.3. The second kappa shape index (κ2) is 5.04. The van der Waals surface area contributed by atoms with Crippen molar-refractivity contribution in [2.45, 2.75) is 44.8 Å². The Hall–Kier alpha value is -1.10. The van der Waals surface area contributed by atoms with E-state index in [1.165, 1.54) is 0 Å². The summed E-state index contributed by atoms with van der Waals surface area (Å²) in [6.45, 7) is 3.08. The van der Waals surface area contributed by atoms with E-state index in [-0.39, 0.29) is 24.4 Å². The van der Waals surface area contributed by atoms with E-state index in [1.54, 1.807) is 16.7 Å². The summed E-state index contributed by atoms with van der Waals surface area (Å²) in [6.07, 6.45) is 2.91. The molecule has 2 aliphatic rings. The van der Waals surface area contributed by atoms with Gasteiger partial charge in [0.2, 0.25) is 11.8 Å². The van der Waals surface area contributed by atoms with Gasteiger partial charge in [-0.15, -0.1) is 0 Å². The maximum Gasteiger partial charge on any atom is 0.245 e. The average molecular weight is 240 g/mol. The van der Waals surface area contributed by atoms with Gasteiger partial charge in [-0.2, -0.15) is 0 Å². The first kappa shape index (κ1) is 12.4. The molecule has 0 bridgehead atoms. The number of fused-ring (bicyclic) bond motifs is 1. The van der Waals surface area contributed by atoms with Crippen LogP contribution in [-0.2, 0) is 9.59 Å². The number of piperidine rings is 1. The van der Waals surface area contributed by atoms with Crippen LogP contribution in [0.25, 0.3) is 0 Å². The minimum absolute atomic E-state index is 0.0555. The van der Waals surface area contributed by atoms with Crippen molar-refractivity contribution in [3.8, 4) is 0 Å². The molecule has 0 spiro atoms. The first-order chi connectivity index (χ1) is 8.09. The van der Waals surface area contributed by atoms with E-state index in [9.17, 15) is 14.7 Å². The Kier molecular flexibility index (Phi) is 3.66. The van der Waals surface area contributed by atoms with Crippen molar-refractivity contribution in [3.05, 3.63) is 0 Å². The Morgan fingerprint density at radius 3 is 2.88 bits per heavy atom. The number of aliphatic hydroxyl groups excluding tert-OH is 1. The molecule has 2 fully saturated rings. The summed E-state index contributed by atoms with van der Waals surface area (Å²) in [5.74, 6) is 0.116. The third-order valence-electron chi connectivity index (χ3n) is 3.56. The molecule has 2 heterocycles. The highest BCUT2D eigenvalue weighted by molar-refractivity contribution is 5.95. The molecule has 2 aliphatic heterocycles. The first-order valence-electron chi connectivity index (χ1n) is 6.36. The SMILES string of the molecule is CC(O)CCN1CC(=O)N2CCCCC2C1=O. The van der Waals surface area contributed by atoms with Crippen LogP contribution < -0.4 is 0 Å². The summed E-state index contributed by atoms with van der Waals surface area (Å²) in [5, 5.41) is 9.23. The molecule has 5 heteroatoms. The quantitative estimate of drug-likeness (QED) is 0.754. The lowest BCUT2D eigenvalue weighted by atomic mass is 9.98. The lowest BCUT2D eigenvalue weighted by molar-refractivity contribution is -0.158. The Morgan fingerprint density at radius 2 is 2.18 bits per heavy atom. The largest absolute Gasteiger partial charge is 0.393 e. The number of hydrogen-bond acceptors (Lipinski definition) is 3. The van der Waals surface area contributed by atoms with Crippen LogP contribution in [0.5, 0.6) is 0 Å². The summed E-state index contributed by atoms with van der Waals surface area (Å²) < 4.78 is 0. The van der Waals surface area contributed by atoms with Crippen LogP contribution in [-0.4, -0.2) is 58.5 Å². The highest BCUT2D eigenvalue weighted by Crippen LogP contribution is 2.23. The molecule has 2 saturated heterocycles. The second-order valence-electron chi connectivity index (χ2n) is 5.00. The highest BCUT2D eigenvalue weighted by atomic mass is 16.3. The maximum atomic E-state index is 12.2. The molecule has 5 nitrogen and oxygen atoms in total. The molecule has 1 N–H and O–H groups in total. The molecule has 0 aromatic rings. The standard InChI is InChI=1S/C12H20N2O3/c1-9(15)5-7-13-8-11(16)14-6-3-2-4-10(14)12(13)17/h9-10,15H,2-8H2,1H3. The van der Waals surface area contributed by atoms with Gasteiger partial charge in [-0.3, -0.25) is 9.59 Å². The lowest BCUT2D eigenvalue weighted by Gasteiger charge is -2.42. The molecule has 0 aliphatic carbocycles. The van der Waals surface area contributed by atoms with Crippen molar-refractivity contribution in [1.82, 2.24) is 9.80 Å². The minimum Gasteiger partial charge on any atom is -0.393 e. The van der Waals surface area contributed by atoms with Crippen LogP contribution in [0.2, 0.25) is 0 Å². The van der Waals surface area contributed by atoms with Gasteiger partial charge in [-0.1, -0.05) is 0 Å². The van der Waals surface area contributed by atoms with E-state index in [2.05, 4.69) is 0 Å². The number of carbonyl (C=O) groups is 2. The minimum atomic E-state index is -0.428. The van der Waals surface area contributed by atoms with Gasteiger partial charge < -0.3 is 14.9 Å². The summed E-state index contributed by atoms with van der Waals surface area (Å²) in [4.78, 5) is 27.4. The predicted octanol–water partition coefficient (Wildman–Crippen LogP) is -0.0194. The van der Waals surface area contributed by atoms with Crippen molar-refractivity contribution in [3.63, 3.8) is 0 Å². The van der Waals surface area contributed by atoms with E-state index in [1.807, 2.05) is 0 Å². The topological polar surface area (TPSA) is 60.9 Å². The van der Waals surface area contributed by atoms with E-state index < -0.39 is 6.10 Å². The fourth-order valence-corrected chi connectivity index (χ4v) is 2.56. The number of aliphatic hydroxyl groups is 1. The van der Waals surface area contributed by atoms with Crippen molar-refractivity contribution in [2.24, 2.45) is 0 Å². The predicted molar refractivity (Wildman–Crippen MR) is 62.2 cm³/mol. The number of rotatable bonds is 3. The summed E-state index contributed by atoms with van der Waals surface area (Å²) in [5.41, 5.74) is 0. The Balaban J connectivity index is 2.01. The van der Waals surface area contributed by atoms with Crippen molar-refractivity contribution in [2.75, 3.05) is 19.6 Å². The van der Waals surface area contributed by atoms with Crippen LogP contribution >= 0.6 is 0 Å². The Morgan fingerprint density at radius 1 is 1.41 bits per heavy atom. The summed E-state index contributed by atoms with van der Waals surface area (Å²) in [6, 6.07) is -0.237. The van der Waals surface area contributed by atoms with Crippen LogP contribution in [0, 0.1) is 0 Å². The van der Waals surface area contributed by atoms with Crippen LogP contribution in [0.4, 0.5) is 0 Å². The van der Waals surface area contributed by atoms with Crippen molar-refractivity contribution < 1.29 is 14.7 Å². The molecular weight excluding hydrogens is 220 g/mol. The van der Waals surface area contributed by atoms with Gasteiger partial charge in [0, 0.05) is 13.1 Å². The number of amides is 2. The molecule has 2 unspecified atom stereocenters. The molecule has 0 radical (unpaired) electrons. The molecule has 96 valence electrons. The fourth-order valence-electron chi connectivity index (χ4n) is 2.56. The number of piperazine rings is 1. The first-order valence-corrected chi connectivity index (χ1v) is 6.36. The molecule has 0 aromatic heterocycles. The van der Waals surface area contributed by atoms with Gasteiger partial charge in [0.15, 0.2) is 0 Å². The van der Waals surface area contributed by atoms with Crippen LogP contribution in [0.1, 0.15) is 32.6 Å². The molecular formula is C12H20N2O3. The summed E-state index contributed by atoms with van der Waals surface area (Å²) >= 11 is 0. The number of hydrogen-bond donors (Lipinski definition) is 1. The molecule has 2 amide bonds. The molecule has 0 aromatic carbocycles. The van der Waals surface area contributed by atoms with Gasteiger partial charge in [-0.05, 0) is 32.6 Å². The molecule has 17 heavy (non-hydrogen) atoms. The zero-order valence-corrected chi connectivity index (χ0v) is 10.3. The summed E-state index contributed by atoms with van der Waals surface area (Å²) in [7, 11) is 0. The van der Waals surface area contributed by atoms with E-state index in [0.717, 1.165) is 25.8 Å². The Bertz CT molecular complexity index is 317. The van der Waals surface area contributed by atoms with Gasteiger partial charge in [-0.25, -0.2) is 0 Å². The van der Waals surface area contributed by atoms with Crippen LogP contribution in [0.3, 0.4) is 0 Å². The average Bonchev–Trinajstić information content (AvgIpc) is 2.32. The lowest BCUT2D eigenvalue weighted by Crippen LogP contribution is -2.61. The van der Waals surface area contributed by atoms with Crippen molar-refractivity contribution >= 4 is 11.8 Å². The van der Waals surface area contributed by atoms with Gasteiger partial charge in [0.05, 0.1) is 12.6 Å². The van der Waals surface area contributed by atoms with Crippen LogP contribution in [0.15, 0.2) is 0 Å². The fraction of sp³-hybridized carbons (Fsp3) is 0.833. The van der Waals surface area contributed by atoms with Gasteiger partial charge in [0.1, 0.15) is 6.04 Å². The second-order valence-corrected chi connectivity index (χ2v) is 5.00. The molecule has 2 rings (SSSR count). The third kappa shape index (κ3) is 2.60. The molecule has 0 saturated carbocycles. The maximum absolute atomic E-state index is 12.2. The number of nitrogens with zero attached hydrogens (tertiary/aromatic N) is 2. The molecule has 2 atom stereocenters. The Labute approximate surface area is 101 Å². The zero-order chi connectivity index (χ0) is 12.4. The number of carbonyl (C=O) groups excluding carboxylic acids is 2. The van der Waals surface area contributed by atoms with E-state index in [4.69, 9.17) is 0 Å². The van der Waals surface area contributed by atoms with Gasteiger partial charge in [0.25, 0.3) is 0 Å². The third-order valence-corrected chi connectivity index (χ3v) is 3.56. The van der Waals surface area contributed by atoms with Crippen molar-refractivity contribution in [1.29, 1.82) is 0 Å². The van der Waals surface area contributed by atoms with Gasteiger partial charge >= 0.3 is 0 Å². The van der Waals surface area contributed by atoms with E-state index >= 15 is 0 Å². The van der Waals surface area contributed by atoms with E-state index in [0.29, 0.717) is 13.0 Å².